The summed E-state index contributed by atoms with van der Waals surface area (Å²) < 4.78 is 15.5. The topological polar surface area (TPSA) is 38.0 Å². The summed E-state index contributed by atoms with van der Waals surface area (Å²) in [6.45, 7) is 4.23. The van der Waals surface area contributed by atoms with Gasteiger partial charge < -0.3 is 5.11 Å². The number of aliphatic hydroxyl groups excluding tert-OH is 1. The van der Waals surface area contributed by atoms with Crippen molar-refractivity contribution in [3.05, 3.63) is 51.6 Å². The van der Waals surface area contributed by atoms with E-state index < -0.39 is 0 Å². The van der Waals surface area contributed by atoms with Crippen molar-refractivity contribution in [3.8, 4) is 11.8 Å². The van der Waals surface area contributed by atoms with Crippen LogP contribution in [0, 0.1) is 31.5 Å². The Bertz CT molecular complexity index is 713. The molecule has 1 aromatic heterocycles. The molecule has 1 aromatic carbocycles. The summed E-state index contributed by atoms with van der Waals surface area (Å²) in [5.41, 5.74) is 2.88. The van der Waals surface area contributed by atoms with Crippen molar-refractivity contribution < 1.29 is 9.50 Å². The van der Waals surface area contributed by atoms with E-state index in [0.29, 0.717) is 23.6 Å². The molecule has 1 N–H and O–H groups in total. The largest absolute Gasteiger partial charge is 0.395 e. The summed E-state index contributed by atoms with van der Waals surface area (Å²) in [6, 6.07) is 4.80. The molecule has 0 aliphatic carbocycles. The predicted molar refractivity (Wildman–Crippen MR) is 80.8 cm³/mol. The first-order valence-electron chi connectivity index (χ1n) is 6.60. The van der Waals surface area contributed by atoms with Crippen molar-refractivity contribution in [2.45, 2.75) is 26.8 Å². The summed E-state index contributed by atoms with van der Waals surface area (Å²) in [4.78, 5) is 0. The molecule has 0 saturated heterocycles. The highest BCUT2D eigenvalue weighted by atomic mass is 35.5. The molecule has 0 aliphatic heterocycles. The highest BCUT2D eigenvalue weighted by Crippen LogP contribution is 2.20. The van der Waals surface area contributed by atoms with Crippen LogP contribution in [-0.4, -0.2) is 21.5 Å². The van der Waals surface area contributed by atoms with E-state index in [-0.39, 0.29) is 12.4 Å². The van der Waals surface area contributed by atoms with Crippen molar-refractivity contribution in [2.24, 2.45) is 0 Å². The average Bonchev–Trinajstić information content (AvgIpc) is 2.70. The fraction of sp³-hybridized carbons (Fsp3) is 0.312. The molecule has 3 nitrogen and oxygen atoms in total. The Morgan fingerprint density at radius 3 is 2.76 bits per heavy atom. The lowest BCUT2D eigenvalue weighted by Gasteiger charge is -2.06. The van der Waals surface area contributed by atoms with Gasteiger partial charge in [-0.15, -0.1) is 0 Å². The second-order valence-corrected chi connectivity index (χ2v) is 5.11. The highest BCUT2D eigenvalue weighted by Gasteiger charge is 2.10. The van der Waals surface area contributed by atoms with Crippen LogP contribution in [0.25, 0.3) is 0 Å². The van der Waals surface area contributed by atoms with Crippen molar-refractivity contribution in [3.63, 3.8) is 0 Å². The summed E-state index contributed by atoms with van der Waals surface area (Å²) in [5, 5.41) is 13.7. The Morgan fingerprint density at radius 2 is 2.14 bits per heavy atom. The van der Waals surface area contributed by atoms with Crippen LogP contribution < -0.4 is 0 Å². The quantitative estimate of drug-likeness (QED) is 0.885. The maximum Gasteiger partial charge on any atom is 0.138 e. The van der Waals surface area contributed by atoms with E-state index in [2.05, 4.69) is 16.9 Å². The number of hydrogen-bond acceptors (Lipinski definition) is 2. The lowest BCUT2D eigenvalue weighted by atomic mass is 10.1. The zero-order valence-electron chi connectivity index (χ0n) is 12.0. The molecule has 2 rings (SSSR count). The average molecular weight is 307 g/mol. The zero-order valence-corrected chi connectivity index (χ0v) is 12.7. The fourth-order valence-electron chi connectivity index (χ4n) is 1.98. The maximum absolute atomic E-state index is 13.7. The van der Waals surface area contributed by atoms with Crippen LogP contribution in [0.2, 0.25) is 5.02 Å². The number of aryl methyl sites for hydroxylation is 1. The van der Waals surface area contributed by atoms with E-state index in [9.17, 15) is 4.39 Å². The van der Waals surface area contributed by atoms with Crippen LogP contribution >= 0.6 is 11.6 Å². The number of aliphatic hydroxyl groups is 1. The van der Waals surface area contributed by atoms with Gasteiger partial charge in [0.25, 0.3) is 0 Å². The number of benzene rings is 1. The Labute approximate surface area is 128 Å². The van der Waals surface area contributed by atoms with Crippen LogP contribution in [-0.2, 0) is 6.54 Å². The standard InChI is InChI=1S/C16H16ClFN2O/c1-11-16(17)12(2)20(19-11)10-13-6-7-15(18)14(9-13)5-3-4-8-21/h6-7,9,21H,4,8,10H2,1-2H3. The second-order valence-electron chi connectivity index (χ2n) is 4.73. The van der Waals surface area contributed by atoms with Gasteiger partial charge in [-0.25, -0.2) is 4.39 Å². The third-order valence-corrected chi connectivity index (χ3v) is 3.66. The second kappa shape index (κ2) is 6.75. The molecule has 0 saturated carbocycles. The molecule has 0 unspecified atom stereocenters. The third-order valence-electron chi connectivity index (χ3n) is 3.12. The molecule has 0 radical (unpaired) electrons. The molecule has 5 heteroatoms. The molecule has 21 heavy (non-hydrogen) atoms. The van der Waals surface area contributed by atoms with Gasteiger partial charge in [0.15, 0.2) is 0 Å². The van der Waals surface area contributed by atoms with E-state index in [0.717, 1.165) is 17.0 Å². The van der Waals surface area contributed by atoms with Crippen molar-refractivity contribution in [1.29, 1.82) is 0 Å². The minimum Gasteiger partial charge on any atom is -0.395 e. The number of rotatable bonds is 3. The summed E-state index contributed by atoms with van der Waals surface area (Å²) >= 11 is 6.12. The predicted octanol–water partition coefficient (Wildman–Crippen LogP) is 3.07. The zero-order chi connectivity index (χ0) is 15.4. The van der Waals surface area contributed by atoms with Crippen LogP contribution in [0.5, 0.6) is 0 Å². The molecule has 0 atom stereocenters. The Balaban J connectivity index is 2.27. The fourth-order valence-corrected chi connectivity index (χ4v) is 2.12. The molecule has 110 valence electrons. The molecule has 1 heterocycles. The molecular formula is C16H16ClFN2O. The Kier molecular flexibility index (Phi) is 5.00. The van der Waals surface area contributed by atoms with Gasteiger partial charge in [-0.1, -0.05) is 29.5 Å². The molecule has 0 bridgehead atoms. The van der Waals surface area contributed by atoms with Crippen molar-refractivity contribution in [2.75, 3.05) is 6.61 Å². The van der Waals surface area contributed by atoms with Gasteiger partial charge in [0.2, 0.25) is 0 Å². The summed E-state index contributed by atoms with van der Waals surface area (Å²) in [5.74, 6) is 5.09. The van der Waals surface area contributed by atoms with Gasteiger partial charge in [0, 0.05) is 6.42 Å². The lowest BCUT2D eigenvalue weighted by Crippen LogP contribution is -2.04. The van der Waals surface area contributed by atoms with E-state index in [1.807, 2.05) is 13.8 Å². The molecule has 0 fully saturated rings. The van der Waals surface area contributed by atoms with Gasteiger partial charge in [-0.05, 0) is 31.5 Å². The molecule has 0 amide bonds. The molecule has 0 spiro atoms. The van der Waals surface area contributed by atoms with Gasteiger partial charge in [0.05, 0.1) is 35.1 Å². The molecule has 2 aromatic rings. The van der Waals surface area contributed by atoms with E-state index in [1.54, 1.807) is 16.8 Å². The number of nitrogens with zero attached hydrogens (tertiary/aromatic N) is 2. The number of halogens is 2. The van der Waals surface area contributed by atoms with E-state index >= 15 is 0 Å². The van der Waals surface area contributed by atoms with E-state index in [4.69, 9.17) is 16.7 Å². The van der Waals surface area contributed by atoms with Gasteiger partial charge in [-0.3, -0.25) is 4.68 Å². The Hall–Kier alpha value is -1.83. The van der Waals surface area contributed by atoms with Gasteiger partial charge >= 0.3 is 0 Å². The molecular weight excluding hydrogens is 291 g/mol. The van der Waals surface area contributed by atoms with Crippen molar-refractivity contribution >= 4 is 11.6 Å². The first-order chi connectivity index (χ1) is 10.0. The maximum atomic E-state index is 13.7. The van der Waals surface area contributed by atoms with Gasteiger partial charge in [-0.2, -0.15) is 5.10 Å². The normalized spacial score (nSPS) is 10.3. The smallest absolute Gasteiger partial charge is 0.138 e. The minimum absolute atomic E-state index is 0.0292. The Morgan fingerprint density at radius 1 is 1.38 bits per heavy atom. The first kappa shape index (κ1) is 15.6. The summed E-state index contributed by atoms with van der Waals surface area (Å²) in [6.07, 6.45) is 0.330. The molecule has 0 aliphatic rings. The van der Waals surface area contributed by atoms with Crippen LogP contribution in [0.3, 0.4) is 0 Å². The number of aromatic nitrogens is 2. The summed E-state index contributed by atoms with van der Waals surface area (Å²) in [7, 11) is 0. The van der Waals surface area contributed by atoms with E-state index in [1.165, 1.54) is 6.07 Å². The SMILES string of the molecule is Cc1nn(Cc2ccc(F)c(C#CCCO)c2)c(C)c1Cl. The van der Waals surface area contributed by atoms with Crippen molar-refractivity contribution in [1.82, 2.24) is 9.78 Å². The van der Waals surface area contributed by atoms with Crippen LogP contribution in [0.15, 0.2) is 18.2 Å². The first-order valence-corrected chi connectivity index (χ1v) is 6.98. The van der Waals surface area contributed by atoms with Crippen LogP contribution in [0.4, 0.5) is 4.39 Å². The third kappa shape index (κ3) is 3.63. The highest BCUT2D eigenvalue weighted by molar-refractivity contribution is 6.31. The van der Waals surface area contributed by atoms with Crippen LogP contribution in [0.1, 0.15) is 28.9 Å². The monoisotopic (exact) mass is 306 g/mol. The minimum atomic E-state index is -0.365. The number of hydrogen-bond donors (Lipinski definition) is 1. The van der Waals surface area contributed by atoms with Gasteiger partial charge in [0.1, 0.15) is 5.82 Å². The lowest BCUT2D eigenvalue weighted by molar-refractivity contribution is 0.305.